The Labute approximate surface area is 179 Å². The van der Waals surface area contributed by atoms with E-state index in [1.807, 2.05) is 12.4 Å². The van der Waals surface area contributed by atoms with Gasteiger partial charge in [0.2, 0.25) is 0 Å². The molecule has 3 rings (SSSR count). The van der Waals surface area contributed by atoms with Crippen LogP contribution in [0.3, 0.4) is 0 Å². The second kappa shape index (κ2) is 11.4. The van der Waals surface area contributed by atoms with Gasteiger partial charge < -0.3 is 0 Å². The predicted molar refractivity (Wildman–Crippen MR) is 125 cm³/mol. The molecular weight excluding hydrogens is 354 g/mol. The van der Waals surface area contributed by atoms with Gasteiger partial charge in [0.25, 0.3) is 0 Å². The first-order valence-corrected chi connectivity index (χ1v) is 11.4. The highest BCUT2D eigenvalue weighted by Crippen LogP contribution is 2.25. The van der Waals surface area contributed by atoms with Gasteiger partial charge in [-0.15, -0.1) is 0 Å². The Bertz CT molecular complexity index is 708. The lowest BCUT2D eigenvalue weighted by Crippen LogP contribution is -2.35. The number of rotatable bonds is 5. The highest BCUT2D eigenvalue weighted by molar-refractivity contribution is 5.59. The quantitative estimate of drug-likeness (QED) is 0.557. The molecule has 0 unspecified atom stereocenters. The van der Waals surface area contributed by atoms with Crippen LogP contribution in [0.1, 0.15) is 78.5 Å². The lowest BCUT2D eigenvalue weighted by Gasteiger charge is -2.33. The maximum absolute atomic E-state index is 4.67. The third-order valence-electron chi connectivity index (χ3n) is 5.52. The summed E-state index contributed by atoms with van der Waals surface area (Å²) in [5.74, 6) is 3.06. The van der Waals surface area contributed by atoms with Crippen LogP contribution in [0.2, 0.25) is 0 Å². The van der Waals surface area contributed by atoms with Gasteiger partial charge in [-0.25, -0.2) is 0 Å². The van der Waals surface area contributed by atoms with Crippen molar-refractivity contribution >= 4 is 0 Å². The minimum atomic E-state index is 0.529. The van der Waals surface area contributed by atoms with Crippen LogP contribution in [0.4, 0.5) is 0 Å². The fourth-order valence-corrected chi connectivity index (χ4v) is 3.65. The van der Waals surface area contributed by atoms with Gasteiger partial charge in [0.15, 0.2) is 0 Å². The summed E-state index contributed by atoms with van der Waals surface area (Å²) in [6, 6.07) is 8.63. The standard InChI is InChI=1S/C22H31N3.C4H10/c1-16(2)18-8-10-25(11-9-18)15-21-13-24-22(14-23-21)20-7-5-6-19(12-20)17(3)4;1-4(2)3/h5-7,12-14,16-18H,8-11,15H2,1-4H3;4H,1-3H3. The monoisotopic (exact) mass is 395 g/mol. The lowest BCUT2D eigenvalue weighted by atomic mass is 9.87. The van der Waals surface area contributed by atoms with Crippen molar-refractivity contribution in [3.63, 3.8) is 0 Å². The number of hydrogen-bond donors (Lipinski definition) is 0. The summed E-state index contributed by atoms with van der Waals surface area (Å²) in [5, 5.41) is 0. The van der Waals surface area contributed by atoms with Crippen molar-refractivity contribution in [1.82, 2.24) is 14.9 Å². The van der Waals surface area contributed by atoms with Crippen molar-refractivity contribution in [3.8, 4) is 11.3 Å². The molecule has 1 fully saturated rings. The number of hydrogen-bond acceptors (Lipinski definition) is 3. The molecule has 1 aromatic heterocycles. The molecule has 2 aromatic rings. The summed E-state index contributed by atoms with van der Waals surface area (Å²) < 4.78 is 0. The van der Waals surface area contributed by atoms with Crippen molar-refractivity contribution in [2.24, 2.45) is 17.8 Å². The molecule has 0 radical (unpaired) electrons. The van der Waals surface area contributed by atoms with Gasteiger partial charge in [0.05, 0.1) is 23.8 Å². The number of piperidine rings is 1. The molecule has 3 heteroatoms. The van der Waals surface area contributed by atoms with Crippen LogP contribution in [0.25, 0.3) is 11.3 Å². The van der Waals surface area contributed by atoms with E-state index in [1.54, 1.807) is 0 Å². The van der Waals surface area contributed by atoms with E-state index in [0.717, 1.165) is 41.2 Å². The van der Waals surface area contributed by atoms with Gasteiger partial charge in [-0.1, -0.05) is 66.7 Å². The Hall–Kier alpha value is -1.74. The van der Waals surface area contributed by atoms with E-state index in [9.17, 15) is 0 Å². The normalized spacial score (nSPS) is 15.7. The van der Waals surface area contributed by atoms with Gasteiger partial charge in [-0.2, -0.15) is 0 Å². The maximum Gasteiger partial charge on any atom is 0.0885 e. The topological polar surface area (TPSA) is 29.0 Å². The van der Waals surface area contributed by atoms with Crippen LogP contribution in [0.15, 0.2) is 36.7 Å². The minimum Gasteiger partial charge on any atom is -0.297 e. The summed E-state index contributed by atoms with van der Waals surface area (Å²) >= 11 is 0. The summed E-state index contributed by atoms with van der Waals surface area (Å²) in [4.78, 5) is 11.9. The molecule has 0 aliphatic carbocycles. The third kappa shape index (κ3) is 7.89. The zero-order valence-electron chi connectivity index (χ0n) is 19.7. The van der Waals surface area contributed by atoms with E-state index in [4.69, 9.17) is 0 Å². The summed E-state index contributed by atoms with van der Waals surface area (Å²) in [5.41, 5.74) is 4.54. The smallest absolute Gasteiger partial charge is 0.0885 e. The molecule has 0 amide bonds. The second-order valence-corrected chi connectivity index (χ2v) is 9.76. The highest BCUT2D eigenvalue weighted by atomic mass is 15.1. The Balaban J connectivity index is 0.000000687. The Morgan fingerprint density at radius 1 is 0.931 bits per heavy atom. The first-order valence-electron chi connectivity index (χ1n) is 11.4. The lowest BCUT2D eigenvalue weighted by molar-refractivity contribution is 0.150. The van der Waals surface area contributed by atoms with Crippen LogP contribution in [0, 0.1) is 17.8 Å². The fraction of sp³-hybridized carbons (Fsp3) is 0.615. The zero-order chi connectivity index (χ0) is 21.4. The Morgan fingerprint density at radius 2 is 1.59 bits per heavy atom. The Kier molecular flexibility index (Phi) is 9.29. The summed E-state index contributed by atoms with van der Waals surface area (Å²) in [7, 11) is 0. The van der Waals surface area contributed by atoms with E-state index < -0.39 is 0 Å². The number of likely N-dealkylation sites (tertiary alicyclic amines) is 1. The van der Waals surface area contributed by atoms with Crippen LogP contribution in [-0.2, 0) is 6.54 Å². The fourth-order valence-electron chi connectivity index (χ4n) is 3.65. The van der Waals surface area contributed by atoms with Gasteiger partial charge in [-0.05, 0) is 61.2 Å². The molecule has 1 aromatic carbocycles. The molecule has 1 saturated heterocycles. The zero-order valence-corrected chi connectivity index (χ0v) is 19.7. The van der Waals surface area contributed by atoms with E-state index >= 15 is 0 Å². The average Bonchev–Trinajstić information content (AvgIpc) is 2.68. The average molecular weight is 396 g/mol. The van der Waals surface area contributed by atoms with Crippen LogP contribution in [0.5, 0.6) is 0 Å². The summed E-state index contributed by atoms with van der Waals surface area (Å²) in [6.07, 6.45) is 6.50. The SMILES string of the molecule is CC(C)C.CC(C)c1cccc(-c2cnc(CN3CCC(C(C)C)CC3)cn2)c1. The van der Waals surface area contributed by atoms with Crippen molar-refractivity contribution in [2.45, 2.75) is 73.8 Å². The van der Waals surface area contributed by atoms with E-state index in [0.29, 0.717) is 5.92 Å². The molecule has 0 saturated carbocycles. The molecule has 0 N–H and O–H groups in total. The first kappa shape index (κ1) is 23.5. The van der Waals surface area contributed by atoms with Crippen LogP contribution < -0.4 is 0 Å². The molecule has 0 spiro atoms. The van der Waals surface area contributed by atoms with Gasteiger partial charge in [0.1, 0.15) is 0 Å². The number of aromatic nitrogens is 2. The van der Waals surface area contributed by atoms with Gasteiger partial charge in [0, 0.05) is 12.1 Å². The molecule has 160 valence electrons. The summed E-state index contributed by atoms with van der Waals surface area (Å²) in [6.45, 7) is 18.9. The third-order valence-corrected chi connectivity index (χ3v) is 5.52. The van der Waals surface area contributed by atoms with Crippen LogP contribution in [-0.4, -0.2) is 28.0 Å². The van der Waals surface area contributed by atoms with E-state index in [1.165, 1.54) is 31.5 Å². The van der Waals surface area contributed by atoms with E-state index in [-0.39, 0.29) is 0 Å². The molecule has 3 nitrogen and oxygen atoms in total. The van der Waals surface area contributed by atoms with E-state index in [2.05, 4.69) is 87.6 Å². The van der Waals surface area contributed by atoms with Crippen molar-refractivity contribution in [3.05, 3.63) is 47.9 Å². The maximum atomic E-state index is 4.67. The molecule has 1 aliphatic heterocycles. The van der Waals surface area contributed by atoms with Gasteiger partial charge in [-0.3, -0.25) is 14.9 Å². The van der Waals surface area contributed by atoms with Crippen molar-refractivity contribution < 1.29 is 0 Å². The molecular formula is C26H41N3. The Morgan fingerprint density at radius 3 is 2.10 bits per heavy atom. The van der Waals surface area contributed by atoms with Crippen molar-refractivity contribution in [2.75, 3.05) is 13.1 Å². The first-order chi connectivity index (χ1) is 13.8. The largest absolute Gasteiger partial charge is 0.297 e. The number of nitrogens with zero attached hydrogens (tertiary/aromatic N) is 3. The second-order valence-electron chi connectivity index (χ2n) is 9.76. The molecule has 29 heavy (non-hydrogen) atoms. The molecule has 0 atom stereocenters. The minimum absolute atomic E-state index is 0.529. The van der Waals surface area contributed by atoms with Gasteiger partial charge >= 0.3 is 0 Å². The van der Waals surface area contributed by atoms with Crippen LogP contribution >= 0.6 is 0 Å². The highest BCUT2D eigenvalue weighted by Gasteiger charge is 2.21. The number of benzene rings is 1. The molecule has 0 bridgehead atoms. The molecule has 1 aliphatic rings. The van der Waals surface area contributed by atoms with Crippen molar-refractivity contribution in [1.29, 1.82) is 0 Å². The molecule has 2 heterocycles. The predicted octanol–water partition coefficient (Wildman–Crippen LogP) is 6.80.